The van der Waals surface area contributed by atoms with Crippen molar-refractivity contribution in [3.63, 3.8) is 0 Å². The number of rotatable bonds is 5. The van der Waals surface area contributed by atoms with E-state index < -0.39 is 0 Å². The van der Waals surface area contributed by atoms with Gasteiger partial charge in [0.15, 0.2) is 0 Å². The Morgan fingerprint density at radius 1 is 1.09 bits per heavy atom. The van der Waals surface area contributed by atoms with E-state index in [0.717, 1.165) is 5.92 Å². The third kappa shape index (κ3) is 6.36. The summed E-state index contributed by atoms with van der Waals surface area (Å²) in [5.74, 6) is 0.857. The van der Waals surface area contributed by atoms with E-state index in [1.54, 1.807) is 0 Å². The minimum atomic E-state index is 0.696. The minimum absolute atomic E-state index is 0.696. The highest BCUT2D eigenvalue weighted by Gasteiger charge is 2.02. The van der Waals surface area contributed by atoms with Gasteiger partial charge >= 0.3 is 0 Å². The Kier molecular flexibility index (Phi) is 5.57. The molecule has 0 aliphatic carbocycles. The van der Waals surface area contributed by atoms with Crippen molar-refractivity contribution < 1.29 is 0 Å². The zero-order valence-corrected chi connectivity index (χ0v) is 8.72. The maximum atomic E-state index is 2.41. The molecule has 0 atom stereocenters. The molecule has 1 heteroatoms. The lowest BCUT2D eigenvalue weighted by Crippen LogP contribution is -2.27. The van der Waals surface area contributed by atoms with E-state index in [1.165, 1.54) is 19.4 Å². The van der Waals surface area contributed by atoms with Crippen LogP contribution in [-0.4, -0.2) is 24.5 Å². The molecule has 11 heavy (non-hydrogen) atoms. The van der Waals surface area contributed by atoms with Gasteiger partial charge in [-0.2, -0.15) is 0 Å². The first-order valence-electron chi connectivity index (χ1n) is 4.74. The number of hydrogen-bond acceptors (Lipinski definition) is 1. The van der Waals surface area contributed by atoms with Gasteiger partial charge in [0.2, 0.25) is 0 Å². The summed E-state index contributed by atoms with van der Waals surface area (Å²) in [7, 11) is 2.20. The van der Waals surface area contributed by atoms with Crippen LogP contribution < -0.4 is 0 Å². The van der Waals surface area contributed by atoms with Crippen molar-refractivity contribution >= 4 is 0 Å². The molecular weight excluding hydrogens is 134 g/mol. The van der Waals surface area contributed by atoms with Crippen molar-refractivity contribution in [1.82, 2.24) is 4.90 Å². The van der Waals surface area contributed by atoms with Gasteiger partial charge in [-0.3, -0.25) is 0 Å². The second-order valence-electron chi connectivity index (χ2n) is 4.11. The Bertz CT molecular complexity index is 86.9. The van der Waals surface area contributed by atoms with Crippen LogP contribution >= 0.6 is 0 Å². The van der Waals surface area contributed by atoms with Crippen molar-refractivity contribution in [3.8, 4) is 0 Å². The Morgan fingerprint density at radius 2 is 1.64 bits per heavy atom. The Morgan fingerprint density at radius 3 is 2.00 bits per heavy atom. The molecule has 0 spiro atoms. The van der Waals surface area contributed by atoms with E-state index in [1.807, 2.05) is 0 Å². The predicted octanol–water partition coefficient (Wildman–Crippen LogP) is 2.76. The maximum Gasteiger partial charge on any atom is 0.00355 e. The van der Waals surface area contributed by atoms with Crippen LogP contribution in [-0.2, 0) is 0 Å². The second-order valence-corrected chi connectivity index (χ2v) is 4.11. The van der Waals surface area contributed by atoms with Crippen LogP contribution in [0.25, 0.3) is 0 Å². The smallest absolute Gasteiger partial charge is 0.00355 e. The summed E-state index contributed by atoms with van der Waals surface area (Å²) in [5, 5.41) is 0. The van der Waals surface area contributed by atoms with Gasteiger partial charge in [-0.15, -0.1) is 0 Å². The molecule has 0 aliphatic rings. The summed E-state index contributed by atoms with van der Waals surface area (Å²) in [5.41, 5.74) is 0. The first kappa shape index (κ1) is 11.0. The van der Waals surface area contributed by atoms with Gasteiger partial charge in [-0.25, -0.2) is 0 Å². The first-order valence-corrected chi connectivity index (χ1v) is 4.74. The third-order valence-electron chi connectivity index (χ3n) is 2.17. The highest BCUT2D eigenvalue weighted by Crippen LogP contribution is 2.05. The van der Waals surface area contributed by atoms with Crippen LogP contribution in [0.4, 0.5) is 0 Å². The molecule has 0 fully saturated rings. The Hall–Kier alpha value is -0.0400. The van der Waals surface area contributed by atoms with Crippen molar-refractivity contribution in [2.45, 2.75) is 46.6 Å². The quantitative estimate of drug-likeness (QED) is 0.593. The molecule has 0 saturated carbocycles. The fourth-order valence-electron chi connectivity index (χ4n) is 1.01. The van der Waals surface area contributed by atoms with Gasteiger partial charge in [-0.1, -0.05) is 13.8 Å². The summed E-state index contributed by atoms with van der Waals surface area (Å²) in [6, 6.07) is 0.696. The van der Waals surface area contributed by atoms with Gasteiger partial charge in [0.1, 0.15) is 0 Å². The molecular formula is C10H23N. The highest BCUT2D eigenvalue weighted by molar-refractivity contribution is 4.57. The molecule has 0 aromatic heterocycles. The summed E-state index contributed by atoms with van der Waals surface area (Å²) < 4.78 is 0. The van der Waals surface area contributed by atoms with Crippen molar-refractivity contribution in [1.29, 1.82) is 0 Å². The molecule has 0 saturated heterocycles. The van der Waals surface area contributed by atoms with Gasteiger partial charge in [-0.05, 0) is 46.2 Å². The van der Waals surface area contributed by atoms with Crippen LogP contribution in [0.15, 0.2) is 0 Å². The van der Waals surface area contributed by atoms with Crippen LogP contribution in [0.2, 0.25) is 0 Å². The SMILES string of the molecule is CC(C)CCCN(C)C(C)C. The highest BCUT2D eigenvalue weighted by atomic mass is 15.1. The summed E-state index contributed by atoms with van der Waals surface area (Å²) >= 11 is 0. The largest absolute Gasteiger partial charge is 0.304 e. The summed E-state index contributed by atoms with van der Waals surface area (Å²) in [6.07, 6.45) is 2.70. The van der Waals surface area contributed by atoms with E-state index in [9.17, 15) is 0 Å². The molecule has 0 amide bonds. The van der Waals surface area contributed by atoms with Gasteiger partial charge in [0.25, 0.3) is 0 Å². The van der Waals surface area contributed by atoms with E-state index in [2.05, 4.69) is 39.6 Å². The predicted molar refractivity (Wildman–Crippen MR) is 51.8 cm³/mol. The summed E-state index contributed by atoms with van der Waals surface area (Å²) in [6.45, 7) is 10.3. The molecule has 0 N–H and O–H groups in total. The van der Waals surface area contributed by atoms with Crippen molar-refractivity contribution in [2.24, 2.45) is 5.92 Å². The van der Waals surface area contributed by atoms with Gasteiger partial charge in [0, 0.05) is 6.04 Å². The molecule has 0 aromatic rings. The third-order valence-corrected chi connectivity index (χ3v) is 2.17. The lowest BCUT2D eigenvalue weighted by Gasteiger charge is -2.21. The van der Waals surface area contributed by atoms with Crippen LogP contribution in [0, 0.1) is 5.92 Å². The van der Waals surface area contributed by atoms with Gasteiger partial charge < -0.3 is 4.90 Å². The standard InChI is InChI=1S/C10H23N/c1-9(2)7-6-8-11(5)10(3)4/h9-10H,6-8H2,1-5H3. The average Bonchev–Trinajstić information content (AvgIpc) is 1.86. The molecule has 1 nitrogen and oxygen atoms in total. The topological polar surface area (TPSA) is 3.24 Å². The van der Waals surface area contributed by atoms with Crippen molar-refractivity contribution in [2.75, 3.05) is 13.6 Å². The van der Waals surface area contributed by atoms with E-state index in [0.29, 0.717) is 6.04 Å². The maximum absolute atomic E-state index is 2.41. The summed E-state index contributed by atoms with van der Waals surface area (Å²) in [4.78, 5) is 2.41. The van der Waals surface area contributed by atoms with Gasteiger partial charge in [0.05, 0.1) is 0 Å². The number of nitrogens with zero attached hydrogens (tertiary/aromatic N) is 1. The monoisotopic (exact) mass is 157 g/mol. The van der Waals surface area contributed by atoms with Crippen LogP contribution in [0.3, 0.4) is 0 Å². The lowest BCUT2D eigenvalue weighted by atomic mass is 10.1. The minimum Gasteiger partial charge on any atom is -0.304 e. The molecule has 0 unspecified atom stereocenters. The average molecular weight is 157 g/mol. The molecule has 0 radical (unpaired) electrons. The molecule has 0 aliphatic heterocycles. The van der Waals surface area contributed by atoms with Crippen LogP contribution in [0.1, 0.15) is 40.5 Å². The van der Waals surface area contributed by atoms with Crippen molar-refractivity contribution in [3.05, 3.63) is 0 Å². The molecule has 68 valence electrons. The second kappa shape index (κ2) is 5.59. The molecule has 0 rings (SSSR count). The molecule has 0 heterocycles. The Labute approximate surface area is 71.8 Å². The van der Waals surface area contributed by atoms with Crippen LogP contribution in [0.5, 0.6) is 0 Å². The fourth-order valence-corrected chi connectivity index (χ4v) is 1.01. The normalized spacial score (nSPS) is 12.0. The Balaban J connectivity index is 3.24. The lowest BCUT2D eigenvalue weighted by molar-refractivity contribution is 0.263. The molecule has 0 aromatic carbocycles. The molecule has 0 bridgehead atoms. The van der Waals surface area contributed by atoms with E-state index >= 15 is 0 Å². The van der Waals surface area contributed by atoms with E-state index in [-0.39, 0.29) is 0 Å². The fraction of sp³-hybridized carbons (Fsp3) is 1.00. The first-order chi connectivity index (χ1) is 5.04. The zero-order valence-electron chi connectivity index (χ0n) is 8.72. The van der Waals surface area contributed by atoms with E-state index in [4.69, 9.17) is 0 Å². The number of hydrogen-bond donors (Lipinski definition) is 0. The zero-order chi connectivity index (χ0) is 8.85.